The summed E-state index contributed by atoms with van der Waals surface area (Å²) in [6.45, 7) is 1.13. The number of benzene rings is 1. The monoisotopic (exact) mass is 446 g/mol. The Kier molecular flexibility index (Phi) is 8.94. The van der Waals surface area contributed by atoms with Gasteiger partial charge in [-0.2, -0.15) is 0 Å². The number of para-hydroxylation sites is 1. The molecule has 1 aromatic heterocycles. The number of hydrogen-bond acceptors (Lipinski definition) is 8. The molecule has 0 aliphatic rings. The molecule has 2 aromatic rings. The number of H-pyrrole nitrogens is 1. The minimum Gasteiger partial charge on any atom is -0.426 e. The number of nitrogens with zero attached hydrogens (tertiary/aromatic N) is 1. The van der Waals surface area contributed by atoms with E-state index >= 15 is 4.39 Å². The van der Waals surface area contributed by atoms with Gasteiger partial charge in [0.1, 0.15) is 19.1 Å². The fourth-order valence-electron chi connectivity index (χ4n) is 2.31. The molecule has 2 rings (SSSR count). The third kappa shape index (κ3) is 6.89. The normalized spacial score (nSPS) is 15.5. The van der Waals surface area contributed by atoms with Gasteiger partial charge in [0.05, 0.1) is 6.61 Å². The quantitative estimate of drug-likeness (QED) is 0.373. The average Bonchev–Trinajstić information content (AvgIpc) is 2.70. The number of nitrogens with one attached hydrogen (secondary N) is 1. The summed E-state index contributed by atoms with van der Waals surface area (Å²) >= 11 is 0. The number of hydrogen-bond donors (Lipinski definition) is 2. The molecule has 2 N–H and O–H groups in total. The lowest BCUT2D eigenvalue weighted by Gasteiger charge is -2.33. The van der Waals surface area contributed by atoms with Crippen LogP contribution in [0.4, 0.5) is 4.39 Å². The lowest BCUT2D eigenvalue weighted by molar-refractivity contribution is -0.253. The Morgan fingerprint density at radius 3 is 2.53 bits per heavy atom. The zero-order chi connectivity index (χ0) is 22.1. The van der Waals surface area contributed by atoms with Gasteiger partial charge in [-0.15, -0.1) is 0 Å². The molecule has 0 aliphatic carbocycles. The number of halogens is 1. The maximum atomic E-state index is 15.6. The molecule has 1 unspecified atom stereocenters. The van der Waals surface area contributed by atoms with E-state index < -0.39 is 57.5 Å². The van der Waals surface area contributed by atoms with Gasteiger partial charge >= 0.3 is 13.9 Å². The van der Waals surface area contributed by atoms with E-state index in [0.29, 0.717) is 5.75 Å². The van der Waals surface area contributed by atoms with Gasteiger partial charge in [0, 0.05) is 18.2 Å². The minimum atomic E-state index is -3.09. The summed E-state index contributed by atoms with van der Waals surface area (Å²) in [4.78, 5) is 25.4. The smallest absolute Gasteiger partial charge is 0.368 e. The van der Waals surface area contributed by atoms with E-state index in [1.807, 2.05) is 4.98 Å². The molecule has 166 valence electrons. The number of aliphatic hydroxyl groups is 1. The summed E-state index contributed by atoms with van der Waals surface area (Å²) in [6, 6.07) is 9.28. The second-order valence-corrected chi connectivity index (χ2v) is 7.48. The van der Waals surface area contributed by atoms with Crippen molar-refractivity contribution in [2.24, 2.45) is 5.92 Å². The highest BCUT2D eigenvalue weighted by Gasteiger charge is 2.39. The van der Waals surface area contributed by atoms with Crippen LogP contribution < -0.4 is 15.8 Å². The van der Waals surface area contributed by atoms with Crippen LogP contribution in [-0.4, -0.2) is 40.5 Å². The number of rotatable bonds is 12. The van der Waals surface area contributed by atoms with E-state index in [9.17, 15) is 14.2 Å². The lowest BCUT2D eigenvalue weighted by atomic mass is 10.1. The predicted octanol–water partition coefficient (Wildman–Crippen LogP) is 1.83. The van der Waals surface area contributed by atoms with Crippen LogP contribution in [0.5, 0.6) is 5.75 Å². The zero-order valence-corrected chi connectivity index (χ0v) is 17.4. The SMILES string of the molecule is CC(C)[C@@](F)(CO[PH](=O)Oc1ccccc1)O[C@H](COCO)n1ccc(=O)[nH]c1=O. The van der Waals surface area contributed by atoms with Gasteiger partial charge in [-0.1, -0.05) is 32.0 Å². The third-order valence-electron chi connectivity index (χ3n) is 4.04. The fourth-order valence-corrected chi connectivity index (χ4v) is 3.02. The molecule has 1 heterocycles. The second kappa shape index (κ2) is 11.2. The van der Waals surface area contributed by atoms with E-state index in [4.69, 9.17) is 23.6 Å². The Balaban J connectivity index is 2.14. The highest BCUT2D eigenvalue weighted by molar-refractivity contribution is 7.33. The Bertz CT molecular complexity index is 936. The van der Waals surface area contributed by atoms with Crippen LogP contribution in [0, 0.1) is 5.92 Å². The standard InChI is InChI=1S/C18H24FN2O8P/c1-13(2)18(19,11-27-30(25)29-14-6-4-3-5-7-14)28-16(10-26-12-22)21-9-8-15(23)20-17(21)24/h3-9,13,16,22,30H,10-12H2,1-2H3,(H,20,23,24)/t16-,18-/m1/s1. The first-order valence-electron chi connectivity index (χ1n) is 9.01. The van der Waals surface area contributed by atoms with Crippen molar-refractivity contribution in [1.29, 1.82) is 0 Å². The van der Waals surface area contributed by atoms with Crippen LogP contribution in [-0.2, 0) is 18.6 Å². The van der Waals surface area contributed by atoms with Crippen molar-refractivity contribution in [2.75, 3.05) is 20.0 Å². The second-order valence-electron chi connectivity index (χ2n) is 6.48. The molecule has 3 atom stereocenters. The maximum Gasteiger partial charge on any atom is 0.368 e. The molecule has 0 bridgehead atoms. The van der Waals surface area contributed by atoms with E-state index in [1.54, 1.807) is 30.3 Å². The molecule has 12 heteroatoms. The predicted molar refractivity (Wildman–Crippen MR) is 105 cm³/mol. The van der Waals surface area contributed by atoms with Gasteiger partial charge in [-0.25, -0.2) is 13.8 Å². The van der Waals surface area contributed by atoms with E-state index in [2.05, 4.69) is 0 Å². The van der Waals surface area contributed by atoms with Crippen molar-refractivity contribution in [2.45, 2.75) is 25.9 Å². The Labute approximate surface area is 172 Å². The van der Waals surface area contributed by atoms with Crippen molar-refractivity contribution in [3.8, 4) is 5.75 Å². The Hall–Kier alpha value is -2.30. The summed E-state index contributed by atoms with van der Waals surface area (Å²) < 4.78 is 49.0. The van der Waals surface area contributed by atoms with Crippen LogP contribution in [0.2, 0.25) is 0 Å². The molecule has 10 nitrogen and oxygen atoms in total. The fraction of sp³-hybridized carbons (Fsp3) is 0.444. The molecule has 0 radical (unpaired) electrons. The van der Waals surface area contributed by atoms with Gasteiger partial charge in [0.2, 0.25) is 5.85 Å². The van der Waals surface area contributed by atoms with Crippen molar-refractivity contribution < 1.29 is 32.6 Å². The van der Waals surface area contributed by atoms with Crippen LogP contribution >= 0.6 is 8.25 Å². The maximum absolute atomic E-state index is 15.6. The van der Waals surface area contributed by atoms with Crippen LogP contribution in [0.15, 0.2) is 52.2 Å². The molecule has 0 fully saturated rings. The number of aromatic nitrogens is 2. The molecule has 0 amide bonds. The summed E-state index contributed by atoms with van der Waals surface area (Å²) in [7, 11) is -3.09. The largest absolute Gasteiger partial charge is 0.426 e. The molecular formula is C18H24FN2O8P. The van der Waals surface area contributed by atoms with Gasteiger partial charge < -0.3 is 19.1 Å². The first-order valence-corrected chi connectivity index (χ1v) is 10.2. The first kappa shape index (κ1) is 24.0. The van der Waals surface area contributed by atoms with Gasteiger partial charge in [0.15, 0.2) is 6.23 Å². The average molecular weight is 446 g/mol. The third-order valence-corrected chi connectivity index (χ3v) is 4.82. The molecule has 0 aliphatic heterocycles. The highest BCUT2D eigenvalue weighted by Crippen LogP contribution is 2.34. The Morgan fingerprint density at radius 2 is 1.93 bits per heavy atom. The molecular weight excluding hydrogens is 422 g/mol. The summed E-state index contributed by atoms with van der Waals surface area (Å²) in [5.41, 5.74) is -1.50. The Morgan fingerprint density at radius 1 is 1.23 bits per heavy atom. The van der Waals surface area contributed by atoms with E-state index in [1.165, 1.54) is 13.8 Å². The molecule has 0 saturated heterocycles. The molecule has 30 heavy (non-hydrogen) atoms. The van der Waals surface area contributed by atoms with Gasteiger partial charge in [-0.05, 0) is 12.1 Å². The van der Waals surface area contributed by atoms with Gasteiger partial charge in [0.25, 0.3) is 5.56 Å². The molecule has 0 saturated carbocycles. The van der Waals surface area contributed by atoms with Gasteiger partial charge in [-0.3, -0.25) is 18.9 Å². The summed E-state index contributed by atoms with van der Waals surface area (Å²) in [5.74, 6) is -3.00. The van der Waals surface area contributed by atoms with Crippen LogP contribution in [0.3, 0.4) is 0 Å². The lowest BCUT2D eigenvalue weighted by Crippen LogP contribution is -2.44. The van der Waals surface area contributed by atoms with Crippen LogP contribution in [0.1, 0.15) is 20.1 Å². The van der Waals surface area contributed by atoms with E-state index in [0.717, 1.165) is 16.8 Å². The minimum absolute atomic E-state index is 0.297. The highest BCUT2D eigenvalue weighted by atomic mass is 31.1. The summed E-state index contributed by atoms with van der Waals surface area (Å²) in [5, 5.41) is 8.90. The number of alkyl halides is 1. The molecule has 1 aromatic carbocycles. The summed E-state index contributed by atoms with van der Waals surface area (Å²) in [6.07, 6.45) is -0.245. The van der Waals surface area contributed by atoms with Crippen molar-refractivity contribution in [3.63, 3.8) is 0 Å². The number of aromatic amines is 1. The van der Waals surface area contributed by atoms with Crippen LogP contribution in [0.25, 0.3) is 0 Å². The first-order chi connectivity index (χ1) is 14.2. The van der Waals surface area contributed by atoms with Crippen molar-refractivity contribution in [3.05, 3.63) is 63.4 Å². The topological polar surface area (TPSA) is 129 Å². The van der Waals surface area contributed by atoms with Crippen molar-refractivity contribution >= 4 is 8.25 Å². The number of aliphatic hydroxyl groups excluding tert-OH is 1. The zero-order valence-electron chi connectivity index (χ0n) is 16.4. The van der Waals surface area contributed by atoms with E-state index in [-0.39, 0.29) is 0 Å². The molecule has 0 spiro atoms. The van der Waals surface area contributed by atoms with Crippen molar-refractivity contribution in [1.82, 2.24) is 9.55 Å². The number of ether oxygens (including phenoxy) is 2.